The average Bonchev–Trinajstić information content (AvgIpc) is 2.96. The predicted octanol–water partition coefficient (Wildman–Crippen LogP) is 4.92. The fourth-order valence-corrected chi connectivity index (χ4v) is 3.31. The Morgan fingerprint density at radius 3 is 2.61 bits per heavy atom. The number of benzene rings is 1. The zero-order valence-electron chi connectivity index (χ0n) is 13.8. The van der Waals surface area contributed by atoms with E-state index in [0.717, 1.165) is 40.3 Å². The van der Waals surface area contributed by atoms with Crippen LogP contribution in [0.15, 0.2) is 29.4 Å². The molecule has 0 aliphatic carbocycles. The van der Waals surface area contributed by atoms with Crippen molar-refractivity contribution >= 4 is 23.4 Å². The molecule has 0 saturated heterocycles. The molecule has 0 amide bonds. The zero-order valence-corrected chi connectivity index (χ0v) is 15.4. The topological polar surface area (TPSA) is 39.9 Å². The van der Waals surface area contributed by atoms with Crippen LogP contribution in [-0.2, 0) is 11.3 Å². The second-order valence-electron chi connectivity index (χ2n) is 5.37. The quantitative estimate of drug-likeness (QED) is 0.449. The molecule has 23 heavy (non-hydrogen) atoms. The van der Waals surface area contributed by atoms with Gasteiger partial charge in [0.2, 0.25) is 0 Å². The van der Waals surface area contributed by atoms with Crippen molar-refractivity contribution in [2.45, 2.75) is 44.3 Å². The molecule has 0 aliphatic heterocycles. The van der Waals surface area contributed by atoms with Crippen molar-refractivity contribution < 1.29 is 4.74 Å². The van der Waals surface area contributed by atoms with E-state index in [-0.39, 0.29) is 0 Å². The average molecular weight is 354 g/mol. The van der Waals surface area contributed by atoms with Gasteiger partial charge in [-0.1, -0.05) is 49.5 Å². The van der Waals surface area contributed by atoms with Crippen molar-refractivity contribution in [3.8, 4) is 11.4 Å². The summed E-state index contributed by atoms with van der Waals surface area (Å²) >= 11 is 7.68. The molecule has 0 radical (unpaired) electrons. The lowest BCUT2D eigenvalue weighted by Gasteiger charge is -2.10. The largest absolute Gasteiger partial charge is 0.384 e. The molecule has 4 nitrogen and oxygen atoms in total. The van der Waals surface area contributed by atoms with E-state index in [0.29, 0.717) is 6.61 Å². The maximum atomic E-state index is 5.99. The highest BCUT2D eigenvalue weighted by atomic mass is 35.5. The van der Waals surface area contributed by atoms with Gasteiger partial charge >= 0.3 is 0 Å². The summed E-state index contributed by atoms with van der Waals surface area (Å²) in [5.41, 5.74) is 1.05. The van der Waals surface area contributed by atoms with Gasteiger partial charge in [-0.15, -0.1) is 10.2 Å². The van der Waals surface area contributed by atoms with Gasteiger partial charge in [0.25, 0.3) is 0 Å². The minimum Gasteiger partial charge on any atom is -0.384 e. The third kappa shape index (κ3) is 5.52. The Bertz CT molecular complexity index is 586. The Labute approximate surface area is 147 Å². The van der Waals surface area contributed by atoms with E-state index in [2.05, 4.69) is 21.7 Å². The third-order valence-corrected chi connectivity index (χ3v) is 4.76. The molecular weight excluding hydrogens is 330 g/mol. The van der Waals surface area contributed by atoms with Crippen LogP contribution >= 0.6 is 23.4 Å². The van der Waals surface area contributed by atoms with Crippen LogP contribution in [0.25, 0.3) is 11.4 Å². The Morgan fingerprint density at radius 1 is 1.13 bits per heavy atom. The van der Waals surface area contributed by atoms with Crippen LogP contribution in [0, 0.1) is 0 Å². The molecule has 0 saturated carbocycles. The van der Waals surface area contributed by atoms with Gasteiger partial charge in [-0.2, -0.15) is 0 Å². The predicted molar refractivity (Wildman–Crippen MR) is 97.2 cm³/mol. The number of aromatic nitrogens is 3. The number of unbranched alkanes of at least 4 members (excludes halogenated alkanes) is 3. The number of hydrogen-bond donors (Lipinski definition) is 0. The molecule has 1 aromatic heterocycles. The Morgan fingerprint density at radius 2 is 1.91 bits per heavy atom. The molecule has 2 rings (SSSR count). The highest BCUT2D eigenvalue weighted by Crippen LogP contribution is 2.25. The number of nitrogens with zero attached hydrogens (tertiary/aromatic N) is 3. The smallest absolute Gasteiger partial charge is 0.191 e. The molecule has 0 N–H and O–H groups in total. The highest BCUT2D eigenvalue weighted by Gasteiger charge is 2.14. The van der Waals surface area contributed by atoms with E-state index in [4.69, 9.17) is 16.3 Å². The van der Waals surface area contributed by atoms with Gasteiger partial charge in [0.1, 0.15) is 0 Å². The normalized spacial score (nSPS) is 11.1. The first-order chi connectivity index (χ1) is 11.3. The molecule has 2 aromatic rings. The molecule has 0 atom stereocenters. The molecule has 0 spiro atoms. The van der Waals surface area contributed by atoms with Crippen LogP contribution in [0.3, 0.4) is 0 Å². The first-order valence-corrected chi connectivity index (χ1v) is 9.43. The van der Waals surface area contributed by atoms with E-state index >= 15 is 0 Å². The lowest BCUT2D eigenvalue weighted by Crippen LogP contribution is -2.04. The third-order valence-electron chi connectivity index (χ3n) is 3.57. The van der Waals surface area contributed by atoms with Crippen molar-refractivity contribution in [1.82, 2.24) is 14.8 Å². The van der Waals surface area contributed by atoms with Gasteiger partial charge in [-0.3, -0.25) is 0 Å². The molecule has 126 valence electrons. The van der Waals surface area contributed by atoms with Crippen LogP contribution in [0.5, 0.6) is 0 Å². The van der Waals surface area contributed by atoms with Gasteiger partial charge in [-0.25, -0.2) is 0 Å². The molecule has 1 aromatic carbocycles. The number of thioether (sulfide) groups is 1. The fourth-order valence-electron chi connectivity index (χ4n) is 2.32. The van der Waals surface area contributed by atoms with E-state index < -0.39 is 0 Å². The van der Waals surface area contributed by atoms with Gasteiger partial charge < -0.3 is 9.30 Å². The van der Waals surface area contributed by atoms with Gasteiger partial charge in [0, 0.05) is 30.0 Å². The molecule has 1 heterocycles. The molecule has 0 fully saturated rings. The summed E-state index contributed by atoms with van der Waals surface area (Å²) in [6.07, 6.45) is 4.88. The monoisotopic (exact) mass is 353 g/mol. The highest BCUT2D eigenvalue weighted by molar-refractivity contribution is 7.99. The Kier molecular flexibility index (Phi) is 7.92. The minimum atomic E-state index is 0.712. The lowest BCUT2D eigenvalue weighted by atomic mass is 10.2. The summed E-state index contributed by atoms with van der Waals surface area (Å²) in [5.74, 6) is 1.79. The summed E-state index contributed by atoms with van der Waals surface area (Å²) in [6.45, 7) is 3.88. The van der Waals surface area contributed by atoms with Crippen LogP contribution in [0.1, 0.15) is 32.6 Å². The van der Waals surface area contributed by atoms with Crippen molar-refractivity contribution in [2.75, 3.05) is 19.5 Å². The first-order valence-electron chi connectivity index (χ1n) is 8.07. The standard InChI is InChI=1S/C17H24ClN3OS/c1-3-4-5-6-11-21-16(14-7-9-15(18)10-8-14)19-20-17(21)23-13-12-22-2/h7-10H,3-6,11-13H2,1-2H3. The minimum absolute atomic E-state index is 0.712. The van der Waals surface area contributed by atoms with Crippen LogP contribution in [0.2, 0.25) is 5.02 Å². The summed E-state index contributed by atoms with van der Waals surface area (Å²) in [6, 6.07) is 7.78. The number of rotatable bonds is 10. The fraction of sp³-hybridized carbons (Fsp3) is 0.529. The second-order valence-corrected chi connectivity index (χ2v) is 6.87. The van der Waals surface area contributed by atoms with Crippen molar-refractivity contribution in [3.05, 3.63) is 29.3 Å². The SMILES string of the molecule is CCCCCCn1c(SCCOC)nnc1-c1ccc(Cl)cc1. The van der Waals surface area contributed by atoms with E-state index in [1.165, 1.54) is 19.3 Å². The van der Waals surface area contributed by atoms with E-state index in [1.807, 2.05) is 24.3 Å². The maximum absolute atomic E-state index is 5.99. The maximum Gasteiger partial charge on any atom is 0.191 e. The van der Waals surface area contributed by atoms with Crippen molar-refractivity contribution in [2.24, 2.45) is 0 Å². The lowest BCUT2D eigenvalue weighted by molar-refractivity contribution is 0.218. The number of halogens is 1. The van der Waals surface area contributed by atoms with Gasteiger partial charge in [0.15, 0.2) is 11.0 Å². The molecule has 6 heteroatoms. The number of ether oxygens (including phenoxy) is 1. The zero-order chi connectivity index (χ0) is 16.5. The molecule has 0 aliphatic rings. The number of methoxy groups -OCH3 is 1. The van der Waals surface area contributed by atoms with E-state index in [9.17, 15) is 0 Å². The summed E-state index contributed by atoms with van der Waals surface area (Å²) in [4.78, 5) is 0. The van der Waals surface area contributed by atoms with E-state index in [1.54, 1.807) is 18.9 Å². The van der Waals surface area contributed by atoms with Crippen molar-refractivity contribution in [3.63, 3.8) is 0 Å². The first kappa shape index (κ1) is 18.3. The molecule has 0 unspecified atom stereocenters. The van der Waals surface area contributed by atoms with Crippen LogP contribution < -0.4 is 0 Å². The Balaban J connectivity index is 2.16. The summed E-state index contributed by atoms with van der Waals surface area (Å²) < 4.78 is 7.35. The molecular formula is C17H24ClN3OS. The van der Waals surface area contributed by atoms with Crippen molar-refractivity contribution in [1.29, 1.82) is 0 Å². The van der Waals surface area contributed by atoms with Gasteiger partial charge in [0.05, 0.1) is 6.61 Å². The van der Waals surface area contributed by atoms with Crippen LogP contribution in [0.4, 0.5) is 0 Å². The second kappa shape index (κ2) is 9.96. The summed E-state index contributed by atoms with van der Waals surface area (Å²) in [5, 5.41) is 10.5. The summed E-state index contributed by atoms with van der Waals surface area (Å²) in [7, 11) is 1.72. The number of hydrogen-bond acceptors (Lipinski definition) is 4. The van der Waals surface area contributed by atoms with Gasteiger partial charge in [-0.05, 0) is 30.7 Å². The molecule has 0 bridgehead atoms. The Hall–Kier alpha value is -1.04. The van der Waals surface area contributed by atoms with Crippen LogP contribution in [-0.4, -0.2) is 34.2 Å².